The maximum absolute atomic E-state index is 12.8. The highest BCUT2D eigenvalue weighted by atomic mass is 32.2. The van der Waals surface area contributed by atoms with E-state index < -0.39 is 33.6 Å². The van der Waals surface area contributed by atoms with Crippen LogP contribution in [0, 0.1) is 0 Å². The number of hydrogen-bond donors (Lipinski definition) is 2. The Morgan fingerprint density at radius 3 is 2.46 bits per heavy atom. The van der Waals surface area contributed by atoms with E-state index in [-0.39, 0.29) is 24.4 Å². The van der Waals surface area contributed by atoms with Crippen molar-refractivity contribution in [3.05, 3.63) is 35.4 Å². The van der Waals surface area contributed by atoms with Gasteiger partial charge < -0.3 is 5.32 Å². The quantitative estimate of drug-likeness (QED) is 0.741. The molecule has 0 aliphatic rings. The summed E-state index contributed by atoms with van der Waals surface area (Å²) in [5.41, 5.74) is -0.569. The van der Waals surface area contributed by atoms with E-state index in [1.165, 1.54) is 12.1 Å². The molecule has 0 saturated carbocycles. The lowest BCUT2D eigenvalue weighted by Crippen LogP contribution is -2.36. The van der Waals surface area contributed by atoms with Crippen LogP contribution in [0.1, 0.15) is 37.3 Å². The summed E-state index contributed by atoms with van der Waals surface area (Å²) < 4.78 is 63.6. The Hall–Kier alpha value is -1.61. The topological polar surface area (TPSA) is 75.3 Å². The smallest absolute Gasteiger partial charge is 0.354 e. The minimum Gasteiger partial charge on any atom is -0.354 e. The van der Waals surface area contributed by atoms with E-state index in [9.17, 15) is 26.4 Å². The summed E-state index contributed by atoms with van der Waals surface area (Å²) in [6, 6.07) is 4.60. The van der Waals surface area contributed by atoms with Gasteiger partial charge in [-0.1, -0.05) is 32.0 Å². The van der Waals surface area contributed by atoms with Crippen molar-refractivity contribution >= 4 is 15.9 Å². The minimum absolute atomic E-state index is 0.108. The molecule has 1 aromatic carbocycles. The van der Waals surface area contributed by atoms with Gasteiger partial charge in [0.25, 0.3) is 0 Å². The predicted molar refractivity (Wildman–Crippen MR) is 84.9 cm³/mol. The van der Waals surface area contributed by atoms with E-state index in [1.54, 1.807) is 13.8 Å². The number of carbonyl (C=O) groups is 1. The van der Waals surface area contributed by atoms with Crippen molar-refractivity contribution in [3.63, 3.8) is 0 Å². The Morgan fingerprint density at radius 1 is 1.25 bits per heavy atom. The molecule has 9 heteroatoms. The minimum atomic E-state index is -4.48. The van der Waals surface area contributed by atoms with E-state index in [0.29, 0.717) is 6.42 Å². The fourth-order valence-corrected chi connectivity index (χ4v) is 3.18. The molecule has 1 atom stereocenters. The number of carbonyl (C=O) groups excluding carboxylic acids is 1. The lowest BCUT2D eigenvalue weighted by Gasteiger charge is -2.17. The van der Waals surface area contributed by atoms with E-state index in [1.807, 2.05) is 0 Å². The Labute approximate surface area is 139 Å². The van der Waals surface area contributed by atoms with Gasteiger partial charge in [0.2, 0.25) is 15.9 Å². The highest BCUT2D eigenvalue weighted by molar-refractivity contribution is 7.89. The van der Waals surface area contributed by atoms with Gasteiger partial charge in [0, 0.05) is 13.1 Å². The molecule has 1 rings (SSSR count). The van der Waals surface area contributed by atoms with Crippen LogP contribution < -0.4 is 10.0 Å². The van der Waals surface area contributed by atoms with Gasteiger partial charge in [-0.05, 0) is 18.1 Å². The van der Waals surface area contributed by atoms with Crippen LogP contribution in [0.25, 0.3) is 0 Å². The summed E-state index contributed by atoms with van der Waals surface area (Å²) in [6.45, 7) is 3.46. The van der Waals surface area contributed by atoms with Crippen molar-refractivity contribution in [2.75, 3.05) is 18.8 Å². The average Bonchev–Trinajstić information content (AvgIpc) is 2.47. The van der Waals surface area contributed by atoms with Crippen LogP contribution in [0.2, 0.25) is 0 Å². The van der Waals surface area contributed by atoms with Crippen LogP contribution >= 0.6 is 0 Å². The third-order valence-corrected chi connectivity index (χ3v) is 4.85. The number of hydrogen-bond acceptors (Lipinski definition) is 3. The molecule has 0 aliphatic carbocycles. The van der Waals surface area contributed by atoms with Crippen LogP contribution in [-0.4, -0.2) is 33.2 Å². The molecular weight excluding hydrogens is 345 g/mol. The summed E-state index contributed by atoms with van der Waals surface area (Å²) in [6.07, 6.45) is -4.18. The number of benzene rings is 1. The Morgan fingerprint density at radius 2 is 1.92 bits per heavy atom. The normalized spacial score (nSPS) is 13.5. The van der Waals surface area contributed by atoms with Crippen LogP contribution in [0.15, 0.2) is 24.3 Å². The zero-order chi connectivity index (χ0) is 18.4. The second-order valence-electron chi connectivity index (χ2n) is 5.19. The second kappa shape index (κ2) is 8.48. The van der Waals surface area contributed by atoms with Crippen molar-refractivity contribution in [2.24, 2.45) is 0 Å². The molecule has 2 N–H and O–H groups in total. The summed E-state index contributed by atoms with van der Waals surface area (Å²) in [5, 5.41) is 2.47. The first kappa shape index (κ1) is 20.4. The maximum Gasteiger partial charge on any atom is 0.416 e. The molecular formula is C15H21F3N2O3S. The predicted octanol–water partition coefficient (Wildman–Crippen LogP) is 2.25. The van der Waals surface area contributed by atoms with Crippen molar-refractivity contribution in [3.8, 4) is 0 Å². The number of rotatable bonds is 8. The van der Waals surface area contributed by atoms with Crippen LogP contribution in [-0.2, 0) is 21.0 Å². The van der Waals surface area contributed by atoms with Gasteiger partial charge in [-0.15, -0.1) is 0 Å². The molecule has 0 aromatic heterocycles. The monoisotopic (exact) mass is 366 g/mol. The summed E-state index contributed by atoms with van der Waals surface area (Å²) in [7, 11) is -3.46. The zero-order valence-electron chi connectivity index (χ0n) is 13.5. The second-order valence-corrected chi connectivity index (χ2v) is 7.12. The first-order chi connectivity index (χ1) is 11.1. The lowest BCUT2D eigenvalue weighted by atomic mass is 9.94. The Kier molecular flexibility index (Phi) is 7.22. The number of halogens is 3. The Bertz CT molecular complexity index is 660. The standard InChI is InChI=1S/C15H21F3N2O3S/c1-3-13(11-6-5-7-12(10-11)15(16,17)18)14(21)19-8-9-24(22,23)20-4-2/h5-7,10,13,20H,3-4,8-9H2,1-2H3,(H,19,21). The molecule has 1 amide bonds. The number of amides is 1. The summed E-state index contributed by atoms with van der Waals surface area (Å²) in [5.74, 6) is -1.55. The molecule has 24 heavy (non-hydrogen) atoms. The highest BCUT2D eigenvalue weighted by Gasteiger charge is 2.31. The number of nitrogens with one attached hydrogen (secondary N) is 2. The molecule has 0 spiro atoms. The molecule has 1 aromatic rings. The van der Waals surface area contributed by atoms with Gasteiger partial charge in [-0.2, -0.15) is 13.2 Å². The molecule has 0 bridgehead atoms. The van der Waals surface area contributed by atoms with Crippen molar-refractivity contribution < 1.29 is 26.4 Å². The first-order valence-corrected chi connectivity index (χ1v) is 9.18. The van der Waals surface area contributed by atoms with E-state index >= 15 is 0 Å². The first-order valence-electron chi connectivity index (χ1n) is 7.53. The highest BCUT2D eigenvalue weighted by Crippen LogP contribution is 2.31. The molecule has 5 nitrogen and oxygen atoms in total. The van der Waals surface area contributed by atoms with Gasteiger partial charge >= 0.3 is 6.18 Å². The third-order valence-electron chi connectivity index (χ3n) is 3.38. The van der Waals surface area contributed by atoms with Gasteiger partial charge in [0.15, 0.2) is 0 Å². The average molecular weight is 366 g/mol. The SMILES string of the molecule is CCNS(=O)(=O)CCNC(=O)C(CC)c1cccc(C(F)(F)F)c1. The van der Waals surface area contributed by atoms with E-state index in [2.05, 4.69) is 10.0 Å². The molecule has 1 unspecified atom stereocenters. The van der Waals surface area contributed by atoms with E-state index in [0.717, 1.165) is 12.1 Å². The lowest BCUT2D eigenvalue weighted by molar-refractivity contribution is -0.137. The number of alkyl halides is 3. The largest absolute Gasteiger partial charge is 0.416 e. The van der Waals surface area contributed by atoms with Gasteiger partial charge in [0.05, 0.1) is 17.2 Å². The van der Waals surface area contributed by atoms with Crippen LogP contribution in [0.5, 0.6) is 0 Å². The summed E-state index contributed by atoms with van der Waals surface area (Å²) >= 11 is 0. The molecule has 0 saturated heterocycles. The van der Waals surface area contributed by atoms with Crippen molar-refractivity contribution in [1.82, 2.24) is 10.0 Å². The van der Waals surface area contributed by atoms with E-state index in [4.69, 9.17) is 0 Å². The van der Waals surface area contributed by atoms with Crippen LogP contribution in [0.4, 0.5) is 13.2 Å². The number of sulfonamides is 1. The van der Waals surface area contributed by atoms with Crippen molar-refractivity contribution in [1.29, 1.82) is 0 Å². The van der Waals surface area contributed by atoms with Gasteiger partial charge in [-0.25, -0.2) is 13.1 Å². The third kappa shape index (κ3) is 6.12. The van der Waals surface area contributed by atoms with Gasteiger partial charge in [0.1, 0.15) is 0 Å². The fourth-order valence-electron chi connectivity index (χ4n) is 2.23. The molecule has 136 valence electrons. The molecule has 0 fully saturated rings. The summed E-state index contributed by atoms with van der Waals surface area (Å²) in [4.78, 5) is 12.2. The van der Waals surface area contributed by atoms with Crippen molar-refractivity contribution in [2.45, 2.75) is 32.4 Å². The maximum atomic E-state index is 12.8. The van der Waals surface area contributed by atoms with Crippen LogP contribution in [0.3, 0.4) is 0 Å². The molecule has 0 heterocycles. The zero-order valence-corrected chi connectivity index (χ0v) is 14.3. The molecule has 0 aliphatic heterocycles. The van der Waals surface area contributed by atoms with Gasteiger partial charge in [-0.3, -0.25) is 4.79 Å². The molecule has 0 radical (unpaired) electrons. The fraction of sp³-hybridized carbons (Fsp3) is 0.533. The Balaban J connectivity index is 2.78.